The van der Waals surface area contributed by atoms with Crippen LogP contribution in [-0.2, 0) is 0 Å². The first-order chi connectivity index (χ1) is 8.12. The molecule has 2 aromatic rings. The van der Waals surface area contributed by atoms with E-state index < -0.39 is 0 Å². The number of aromatic nitrogens is 2. The summed E-state index contributed by atoms with van der Waals surface area (Å²) in [4.78, 5) is 0. The molecule has 0 unspecified atom stereocenters. The number of hydrogen-bond donors (Lipinski definition) is 2. The summed E-state index contributed by atoms with van der Waals surface area (Å²) < 4.78 is 0. The molecule has 2 rings (SSSR count). The van der Waals surface area contributed by atoms with Gasteiger partial charge in [-0.25, -0.2) is 0 Å². The summed E-state index contributed by atoms with van der Waals surface area (Å²) in [7, 11) is 0. The number of nitrogens with zero attached hydrogens (tertiary/aromatic N) is 2. The Morgan fingerprint density at radius 3 is 2.82 bits per heavy atom. The van der Waals surface area contributed by atoms with E-state index in [1.54, 1.807) is 6.20 Å². The zero-order valence-electron chi connectivity index (χ0n) is 10.3. The van der Waals surface area contributed by atoms with Crippen molar-refractivity contribution in [1.82, 2.24) is 10.2 Å². The van der Waals surface area contributed by atoms with E-state index >= 15 is 0 Å². The third kappa shape index (κ3) is 2.71. The first-order valence-electron chi connectivity index (χ1n) is 5.77. The Hall–Kier alpha value is -1.68. The van der Waals surface area contributed by atoms with Crippen molar-refractivity contribution in [3.63, 3.8) is 0 Å². The maximum atomic E-state index is 5.72. The number of nitrogens with one attached hydrogen (secondary N) is 1. The van der Waals surface area contributed by atoms with Crippen LogP contribution >= 0.6 is 0 Å². The van der Waals surface area contributed by atoms with Gasteiger partial charge < -0.3 is 11.1 Å². The average Bonchev–Trinajstić information content (AvgIpc) is 2.36. The highest BCUT2D eigenvalue weighted by Crippen LogP contribution is 2.21. The molecular formula is C13H18N4. The van der Waals surface area contributed by atoms with Crippen LogP contribution in [0, 0.1) is 5.41 Å². The first-order valence-corrected chi connectivity index (χ1v) is 5.77. The molecule has 0 bridgehead atoms. The van der Waals surface area contributed by atoms with Gasteiger partial charge in [0.25, 0.3) is 0 Å². The highest BCUT2D eigenvalue weighted by atomic mass is 15.1. The van der Waals surface area contributed by atoms with E-state index in [0.29, 0.717) is 6.54 Å². The predicted octanol–water partition coefficient (Wildman–Crippen LogP) is 2.03. The minimum atomic E-state index is 0.0738. The summed E-state index contributed by atoms with van der Waals surface area (Å²) >= 11 is 0. The summed E-state index contributed by atoms with van der Waals surface area (Å²) in [5.74, 6) is 0. The fourth-order valence-electron chi connectivity index (χ4n) is 1.55. The molecule has 1 aromatic carbocycles. The van der Waals surface area contributed by atoms with Crippen LogP contribution in [0.3, 0.4) is 0 Å². The monoisotopic (exact) mass is 230 g/mol. The third-order valence-corrected chi connectivity index (χ3v) is 2.86. The second-order valence-corrected chi connectivity index (χ2v) is 5.00. The molecular weight excluding hydrogens is 212 g/mol. The van der Waals surface area contributed by atoms with Crippen molar-refractivity contribution in [3.05, 3.63) is 30.5 Å². The molecule has 0 radical (unpaired) electrons. The molecule has 0 amide bonds. The van der Waals surface area contributed by atoms with Gasteiger partial charge in [-0.2, -0.15) is 10.2 Å². The highest BCUT2D eigenvalue weighted by molar-refractivity contribution is 5.90. The summed E-state index contributed by atoms with van der Waals surface area (Å²) in [5, 5.41) is 12.6. The molecule has 4 nitrogen and oxygen atoms in total. The highest BCUT2D eigenvalue weighted by Gasteiger charge is 2.15. The molecule has 0 aliphatic carbocycles. The summed E-state index contributed by atoms with van der Waals surface area (Å²) in [5.41, 5.74) is 7.71. The van der Waals surface area contributed by atoms with Crippen LogP contribution in [0.25, 0.3) is 10.9 Å². The molecule has 0 saturated carbocycles. The van der Waals surface area contributed by atoms with Gasteiger partial charge in [0.2, 0.25) is 0 Å². The zero-order chi connectivity index (χ0) is 12.3. The molecule has 0 spiro atoms. The smallest absolute Gasteiger partial charge is 0.0950 e. The first kappa shape index (κ1) is 11.8. The lowest BCUT2D eigenvalue weighted by Crippen LogP contribution is -2.31. The summed E-state index contributed by atoms with van der Waals surface area (Å²) in [6.07, 6.45) is 1.76. The van der Waals surface area contributed by atoms with E-state index in [-0.39, 0.29) is 5.41 Å². The number of rotatable bonds is 4. The molecule has 0 aliphatic heterocycles. The fourth-order valence-corrected chi connectivity index (χ4v) is 1.55. The number of hydrogen-bond acceptors (Lipinski definition) is 4. The second kappa shape index (κ2) is 4.67. The maximum Gasteiger partial charge on any atom is 0.0950 e. The SMILES string of the molecule is CC(C)(CN)CNc1cnnc2ccccc12. The Balaban J connectivity index is 2.24. The van der Waals surface area contributed by atoms with E-state index in [2.05, 4.69) is 29.4 Å². The van der Waals surface area contributed by atoms with Crippen molar-refractivity contribution >= 4 is 16.6 Å². The van der Waals surface area contributed by atoms with Crippen LogP contribution in [-0.4, -0.2) is 23.3 Å². The van der Waals surface area contributed by atoms with E-state index in [4.69, 9.17) is 5.73 Å². The lowest BCUT2D eigenvalue weighted by molar-refractivity contribution is 0.406. The van der Waals surface area contributed by atoms with Gasteiger partial charge in [-0.3, -0.25) is 0 Å². The van der Waals surface area contributed by atoms with Crippen LogP contribution in [0.5, 0.6) is 0 Å². The molecule has 90 valence electrons. The molecule has 3 N–H and O–H groups in total. The van der Waals surface area contributed by atoms with Crippen LogP contribution in [0.1, 0.15) is 13.8 Å². The minimum Gasteiger partial charge on any atom is -0.383 e. The zero-order valence-corrected chi connectivity index (χ0v) is 10.3. The largest absolute Gasteiger partial charge is 0.383 e. The number of benzene rings is 1. The molecule has 17 heavy (non-hydrogen) atoms. The van der Waals surface area contributed by atoms with Gasteiger partial charge in [0.15, 0.2) is 0 Å². The van der Waals surface area contributed by atoms with Crippen molar-refractivity contribution in [2.45, 2.75) is 13.8 Å². The molecule has 1 heterocycles. The number of fused-ring (bicyclic) bond motifs is 1. The van der Waals surface area contributed by atoms with Crippen molar-refractivity contribution in [1.29, 1.82) is 0 Å². The predicted molar refractivity (Wildman–Crippen MR) is 70.9 cm³/mol. The topological polar surface area (TPSA) is 63.8 Å². The summed E-state index contributed by atoms with van der Waals surface area (Å²) in [6.45, 7) is 5.74. The Labute approximate surface area is 101 Å². The number of nitrogens with two attached hydrogens (primary N) is 1. The van der Waals surface area contributed by atoms with E-state index in [0.717, 1.165) is 23.1 Å². The molecule has 0 saturated heterocycles. The fraction of sp³-hybridized carbons (Fsp3) is 0.385. The molecule has 0 atom stereocenters. The van der Waals surface area contributed by atoms with Gasteiger partial charge >= 0.3 is 0 Å². The standard InChI is InChI=1S/C13H18N4/c1-13(2,8-14)9-15-12-7-16-17-11-6-4-3-5-10(11)12/h3-7H,8-9,14H2,1-2H3,(H,15,17). The van der Waals surface area contributed by atoms with Gasteiger partial charge in [-0.1, -0.05) is 32.0 Å². The summed E-state index contributed by atoms with van der Waals surface area (Å²) in [6, 6.07) is 7.97. The van der Waals surface area contributed by atoms with E-state index in [9.17, 15) is 0 Å². The minimum absolute atomic E-state index is 0.0738. The van der Waals surface area contributed by atoms with Gasteiger partial charge in [0, 0.05) is 11.9 Å². The molecule has 0 aliphatic rings. The van der Waals surface area contributed by atoms with Crippen LogP contribution in [0.4, 0.5) is 5.69 Å². The van der Waals surface area contributed by atoms with Crippen molar-refractivity contribution in [3.8, 4) is 0 Å². The van der Waals surface area contributed by atoms with Crippen LogP contribution in [0.2, 0.25) is 0 Å². The Bertz CT molecular complexity index is 502. The van der Waals surface area contributed by atoms with Crippen molar-refractivity contribution in [2.75, 3.05) is 18.4 Å². The second-order valence-electron chi connectivity index (χ2n) is 5.00. The Morgan fingerprint density at radius 2 is 2.06 bits per heavy atom. The van der Waals surface area contributed by atoms with Gasteiger partial charge in [0.05, 0.1) is 17.4 Å². The van der Waals surface area contributed by atoms with Crippen molar-refractivity contribution in [2.24, 2.45) is 11.1 Å². The lowest BCUT2D eigenvalue weighted by Gasteiger charge is -2.23. The van der Waals surface area contributed by atoms with E-state index in [1.165, 1.54) is 0 Å². The maximum absolute atomic E-state index is 5.72. The van der Waals surface area contributed by atoms with Gasteiger partial charge in [-0.15, -0.1) is 0 Å². The van der Waals surface area contributed by atoms with Crippen LogP contribution < -0.4 is 11.1 Å². The van der Waals surface area contributed by atoms with E-state index in [1.807, 2.05) is 24.3 Å². The Morgan fingerprint density at radius 1 is 1.29 bits per heavy atom. The lowest BCUT2D eigenvalue weighted by atomic mass is 9.94. The molecule has 4 heteroatoms. The normalized spacial score (nSPS) is 11.7. The van der Waals surface area contributed by atoms with Crippen molar-refractivity contribution < 1.29 is 0 Å². The molecule has 1 aromatic heterocycles. The van der Waals surface area contributed by atoms with Gasteiger partial charge in [0.1, 0.15) is 0 Å². The third-order valence-electron chi connectivity index (χ3n) is 2.86. The number of anilines is 1. The van der Waals surface area contributed by atoms with Crippen LogP contribution in [0.15, 0.2) is 30.5 Å². The quantitative estimate of drug-likeness (QED) is 0.843. The Kier molecular flexibility index (Phi) is 3.24. The molecule has 0 fully saturated rings. The average molecular weight is 230 g/mol. The van der Waals surface area contributed by atoms with Gasteiger partial charge in [-0.05, 0) is 18.0 Å².